The molecule has 1 atom stereocenters. The van der Waals surface area contributed by atoms with Crippen LogP contribution in [0.3, 0.4) is 0 Å². The minimum atomic E-state index is -1.20. The van der Waals surface area contributed by atoms with Crippen LogP contribution in [0.1, 0.15) is 31.0 Å². The average Bonchev–Trinajstić information content (AvgIpc) is 2.36. The van der Waals surface area contributed by atoms with Gasteiger partial charge in [-0.2, -0.15) is 0 Å². The number of nitrogens with one attached hydrogen (secondary N) is 1. The third kappa shape index (κ3) is 6.33. The molecule has 0 amide bonds. The van der Waals surface area contributed by atoms with Gasteiger partial charge in [-0.15, -0.1) is 0 Å². The molecule has 0 saturated carbocycles. The van der Waals surface area contributed by atoms with Crippen LogP contribution in [-0.2, 0) is 20.7 Å². The van der Waals surface area contributed by atoms with Crippen LogP contribution >= 0.6 is 0 Å². The first-order chi connectivity index (χ1) is 9.45. The van der Waals surface area contributed by atoms with E-state index in [1.165, 1.54) is 0 Å². The van der Waals surface area contributed by atoms with E-state index in [0.717, 1.165) is 0 Å². The second kappa shape index (κ2) is 9.60. The molecular formula is C15H18NNaO4. The minimum absolute atomic E-state index is 0. The Kier molecular flexibility index (Phi) is 9.01. The molecule has 0 aliphatic carbocycles. The van der Waals surface area contributed by atoms with Crippen molar-refractivity contribution in [3.05, 3.63) is 47.7 Å². The van der Waals surface area contributed by atoms with Crippen molar-refractivity contribution in [3.63, 3.8) is 0 Å². The quantitative estimate of drug-likeness (QED) is 0.453. The number of esters is 1. The molecule has 0 bridgehead atoms. The van der Waals surface area contributed by atoms with Crippen molar-refractivity contribution in [2.24, 2.45) is 0 Å². The number of aliphatic carboxylic acids is 1. The topological polar surface area (TPSA) is 78.5 Å². The molecule has 0 aliphatic heterocycles. The number of hydrogen-bond acceptors (Lipinski definition) is 5. The van der Waals surface area contributed by atoms with Gasteiger partial charge in [0.05, 0.1) is 6.61 Å². The summed E-state index contributed by atoms with van der Waals surface area (Å²) in [6.45, 7) is 7.38. The van der Waals surface area contributed by atoms with E-state index in [4.69, 9.17) is 4.74 Å². The number of ether oxygens (including phenoxy) is 1. The molecule has 0 saturated heterocycles. The van der Waals surface area contributed by atoms with Crippen LogP contribution in [0, 0.1) is 0 Å². The molecule has 0 radical (unpaired) electrons. The summed E-state index contributed by atoms with van der Waals surface area (Å²) in [6.07, 6.45) is -0.260. The Labute approximate surface area is 146 Å². The third-order valence-electron chi connectivity index (χ3n) is 2.61. The van der Waals surface area contributed by atoms with Crippen molar-refractivity contribution >= 4 is 11.9 Å². The van der Waals surface area contributed by atoms with Gasteiger partial charge in [-0.3, -0.25) is 0 Å². The van der Waals surface area contributed by atoms with E-state index in [2.05, 4.69) is 11.9 Å². The maximum absolute atomic E-state index is 12.0. The normalized spacial score (nSPS) is 11.0. The van der Waals surface area contributed by atoms with Gasteiger partial charge in [-0.1, -0.05) is 30.8 Å². The number of hydrogen-bond donors (Lipinski definition) is 1. The summed E-state index contributed by atoms with van der Waals surface area (Å²) < 4.78 is 5.01. The Hall–Kier alpha value is -1.30. The Morgan fingerprint density at radius 1 is 1.38 bits per heavy atom. The van der Waals surface area contributed by atoms with Crippen molar-refractivity contribution in [2.45, 2.75) is 26.3 Å². The van der Waals surface area contributed by atoms with Crippen molar-refractivity contribution in [1.29, 1.82) is 0 Å². The predicted molar refractivity (Wildman–Crippen MR) is 72.5 cm³/mol. The van der Waals surface area contributed by atoms with E-state index in [1.54, 1.807) is 38.1 Å². The molecule has 5 nitrogen and oxygen atoms in total. The van der Waals surface area contributed by atoms with Gasteiger partial charge in [0, 0.05) is 18.1 Å². The second-order valence-corrected chi connectivity index (χ2v) is 4.36. The number of rotatable bonds is 7. The molecule has 6 heteroatoms. The maximum atomic E-state index is 12.0. The van der Waals surface area contributed by atoms with Gasteiger partial charge in [0.2, 0.25) is 0 Å². The van der Waals surface area contributed by atoms with Crippen LogP contribution in [0.2, 0.25) is 0 Å². The first-order valence-electron chi connectivity index (χ1n) is 6.32. The summed E-state index contributed by atoms with van der Waals surface area (Å²) in [5.74, 6) is -1.67. The summed E-state index contributed by atoms with van der Waals surface area (Å²) >= 11 is 0. The Balaban J connectivity index is 0.00000400. The number of carbonyl (C=O) groups excluding carboxylic acids is 2. The molecule has 0 fully saturated rings. The number of carbonyl (C=O) groups is 2. The van der Waals surface area contributed by atoms with Crippen LogP contribution in [0.25, 0.3) is 0 Å². The predicted octanol–water partition coefficient (Wildman–Crippen LogP) is -2.29. The monoisotopic (exact) mass is 299 g/mol. The molecule has 0 aliphatic rings. The molecule has 0 spiro atoms. The molecule has 0 heterocycles. The van der Waals surface area contributed by atoms with E-state index in [9.17, 15) is 14.7 Å². The van der Waals surface area contributed by atoms with Gasteiger partial charge >= 0.3 is 35.5 Å². The van der Waals surface area contributed by atoms with Crippen molar-refractivity contribution in [3.8, 4) is 0 Å². The summed E-state index contributed by atoms with van der Waals surface area (Å²) in [5.41, 5.74) is 1.66. The number of allylic oxidation sites excluding steroid dienone is 1. The van der Waals surface area contributed by atoms with Crippen molar-refractivity contribution in [2.75, 3.05) is 6.61 Å². The standard InChI is InChI=1S/C15H19NO4.Na/c1-4-20-15(19)14(16-10(2)3)12-8-6-5-7-11(12)9-13(17)18;/h5-8,14,16H,2,4,9H2,1,3H3,(H,17,18);/q;+1/p-1. The summed E-state index contributed by atoms with van der Waals surface area (Å²) in [6, 6.07) is 6.02. The number of carboxylic acids is 1. The average molecular weight is 299 g/mol. The van der Waals surface area contributed by atoms with E-state index in [-0.39, 0.29) is 42.6 Å². The Morgan fingerprint density at radius 2 is 2.00 bits per heavy atom. The SMILES string of the molecule is C=C(C)NC(C(=O)OCC)c1ccccc1CC(=O)[O-].[Na+]. The first kappa shape index (κ1) is 19.7. The minimum Gasteiger partial charge on any atom is -0.550 e. The van der Waals surface area contributed by atoms with E-state index in [0.29, 0.717) is 16.8 Å². The molecule has 21 heavy (non-hydrogen) atoms. The van der Waals surface area contributed by atoms with Crippen LogP contribution in [0.5, 0.6) is 0 Å². The smallest absolute Gasteiger partial charge is 0.550 e. The molecule has 1 unspecified atom stereocenters. The zero-order chi connectivity index (χ0) is 15.1. The molecule has 1 rings (SSSR count). The van der Waals surface area contributed by atoms with Crippen LogP contribution in [0.4, 0.5) is 0 Å². The van der Waals surface area contributed by atoms with Gasteiger partial charge in [0.1, 0.15) is 0 Å². The first-order valence-corrected chi connectivity index (χ1v) is 6.32. The molecule has 1 aromatic carbocycles. The van der Waals surface area contributed by atoms with Crippen molar-refractivity contribution in [1.82, 2.24) is 5.32 Å². The summed E-state index contributed by atoms with van der Waals surface area (Å²) in [7, 11) is 0. The molecular weight excluding hydrogens is 281 g/mol. The van der Waals surface area contributed by atoms with Gasteiger partial charge < -0.3 is 20.0 Å². The number of carboxylic acid groups (broad SMARTS) is 1. The summed E-state index contributed by atoms with van der Waals surface area (Å²) in [4.78, 5) is 22.8. The molecule has 1 aromatic rings. The van der Waals surface area contributed by atoms with E-state index in [1.807, 2.05) is 0 Å². The van der Waals surface area contributed by atoms with Crippen molar-refractivity contribution < 1.29 is 49.0 Å². The van der Waals surface area contributed by atoms with Gasteiger partial charge in [-0.05, 0) is 25.0 Å². The molecule has 0 aromatic heterocycles. The zero-order valence-corrected chi connectivity index (χ0v) is 14.6. The Bertz CT molecular complexity index is 516. The van der Waals surface area contributed by atoms with Crippen LogP contribution in [0.15, 0.2) is 36.5 Å². The van der Waals surface area contributed by atoms with E-state index >= 15 is 0 Å². The van der Waals surface area contributed by atoms with Crippen LogP contribution < -0.4 is 40.0 Å². The van der Waals surface area contributed by atoms with Crippen LogP contribution in [-0.4, -0.2) is 18.5 Å². The fourth-order valence-corrected chi connectivity index (χ4v) is 1.87. The number of benzene rings is 1. The summed E-state index contributed by atoms with van der Waals surface area (Å²) in [5, 5.41) is 13.7. The second-order valence-electron chi connectivity index (χ2n) is 4.36. The van der Waals surface area contributed by atoms with E-state index < -0.39 is 18.0 Å². The molecule has 108 valence electrons. The fraction of sp³-hybridized carbons (Fsp3) is 0.333. The third-order valence-corrected chi connectivity index (χ3v) is 2.61. The fourth-order valence-electron chi connectivity index (χ4n) is 1.87. The zero-order valence-electron chi connectivity index (χ0n) is 12.6. The van der Waals surface area contributed by atoms with Gasteiger partial charge in [0.15, 0.2) is 6.04 Å². The molecule has 1 N–H and O–H groups in total. The van der Waals surface area contributed by atoms with Gasteiger partial charge in [-0.25, -0.2) is 4.79 Å². The largest absolute Gasteiger partial charge is 1.00 e. The Morgan fingerprint density at radius 3 is 2.52 bits per heavy atom. The maximum Gasteiger partial charge on any atom is 1.00 e. The van der Waals surface area contributed by atoms with Gasteiger partial charge in [0.25, 0.3) is 0 Å².